The molecular formula is C9H8O4. The summed E-state index contributed by atoms with van der Waals surface area (Å²) in [6, 6.07) is 5.26. The van der Waals surface area contributed by atoms with E-state index in [9.17, 15) is 4.79 Å². The van der Waals surface area contributed by atoms with Crippen molar-refractivity contribution in [2.45, 2.75) is 6.61 Å². The number of fused-ring (bicyclic) bond motifs is 1. The maximum Gasteiger partial charge on any atom is 0.514 e. The van der Waals surface area contributed by atoms with Gasteiger partial charge in [-0.2, -0.15) is 0 Å². The van der Waals surface area contributed by atoms with Gasteiger partial charge in [0.05, 0.1) is 7.11 Å². The number of carbonyl (C=O) groups excluding carboxylic acids is 1. The third kappa shape index (κ3) is 1.42. The van der Waals surface area contributed by atoms with E-state index in [0.717, 1.165) is 5.56 Å². The number of ether oxygens (including phenoxy) is 3. The molecule has 0 aliphatic carbocycles. The highest BCUT2D eigenvalue weighted by Gasteiger charge is 2.18. The summed E-state index contributed by atoms with van der Waals surface area (Å²) < 4.78 is 14.5. The van der Waals surface area contributed by atoms with Crippen LogP contribution in [0.3, 0.4) is 0 Å². The molecule has 1 aromatic rings. The highest BCUT2D eigenvalue weighted by atomic mass is 16.7. The van der Waals surface area contributed by atoms with Gasteiger partial charge in [0.15, 0.2) is 0 Å². The quantitative estimate of drug-likeness (QED) is 0.487. The van der Waals surface area contributed by atoms with Crippen molar-refractivity contribution in [2.75, 3.05) is 7.11 Å². The molecule has 0 spiro atoms. The van der Waals surface area contributed by atoms with Crippen molar-refractivity contribution in [3.8, 4) is 11.5 Å². The summed E-state index contributed by atoms with van der Waals surface area (Å²) in [5.74, 6) is 1.17. The lowest BCUT2D eigenvalue weighted by atomic mass is 10.2. The molecule has 1 aliphatic rings. The molecule has 0 saturated heterocycles. The van der Waals surface area contributed by atoms with Crippen molar-refractivity contribution in [1.82, 2.24) is 0 Å². The molecule has 4 nitrogen and oxygen atoms in total. The van der Waals surface area contributed by atoms with Gasteiger partial charge in [0, 0.05) is 11.6 Å². The molecule has 0 aromatic heterocycles. The van der Waals surface area contributed by atoms with Gasteiger partial charge in [0.2, 0.25) is 0 Å². The van der Waals surface area contributed by atoms with Gasteiger partial charge in [-0.3, -0.25) is 0 Å². The Bertz CT molecular complexity index is 345. The lowest BCUT2D eigenvalue weighted by Gasteiger charge is -2.16. The van der Waals surface area contributed by atoms with Crippen LogP contribution < -0.4 is 9.47 Å². The molecule has 1 aliphatic heterocycles. The Morgan fingerprint density at radius 2 is 2.31 bits per heavy atom. The lowest BCUT2D eigenvalue weighted by Crippen LogP contribution is -2.17. The van der Waals surface area contributed by atoms with Crippen molar-refractivity contribution in [3.05, 3.63) is 23.8 Å². The van der Waals surface area contributed by atoms with Crippen molar-refractivity contribution in [1.29, 1.82) is 0 Å². The third-order valence-electron chi connectivity index (χ3n) is 1.81. The molecular weight excluding hydrogens is 172 g/mol. The Balaban J connectivity index is 2.38. The summed E-state index contributed by atoms with van der Waals surface area (Å²) in [6.07, 6.45) is -0.666. The normalized spacial score (nSPS) is 14.1. The lowest BCUT2D eigenvalue weighted by molar-refractivity contribution is 0.0784. The van der Waals surface area contributed by atoms with Gasteiger partial charge < -0.3 is 14.2 Å². The fraction of sp³-hybridized carbons (Fsp3) is 0.222. The van der Waals surface area contributed by atoms with Crippen LogP contribution >= 0.6 is 0 Å². The number of hydrogen-bond acceptors (Lipinski definition) is 4. The van der Waals surface area contributed by atoms with Crippen molar-refractivity contribution in [2.24, 2.45) is 0 Å². The molecule has 0 radical (unpaired) electrons. The third-order valence-corrected chi connectivity index (χ3v) is 1.81. The zero-order chi connectivity index (χ0) is 9.26. The summed E-state index contributed by atoms with van der Waals surface area (Å²) in [6.45, 7) is 0.262. The monoisotopic (exact) mass is 180 g/mol. The van der Waals surface area contributed by atoms with Gasteiger partial charge in [0.1, 0.15) is 18.1 Å². The van der Waals surface area contributed by atoms with E-state index in [0.29, 0.717) is 11.5 Å². The average Bonchev–Trinajstić information content (AvgIpc) is 2.16. The number of rotatable bonds is 1. The van der Waals surface area contributed by atoms with E-state index in [4.69, 9.17) is 9.47 Å². The molecule has 2 rings (SSSR count). The number of hydrogen-bond donors (Lipinski definition) is 0. The highest BCUT2D eigenvalue weighted by molar-refractivity contribution is 5.67. The molecule has 13 heavy (non-hydrogen) atoms. The SMILES string of the molecule is COc1ccc2c(c1)OC(=O)OC2. The highest BCUT2D eigenvalue weighted by Crippen LogP contribution is 2.28. The molecule has 68 valence electrons. The topological polar surface area (TPSA) is 44.8 Å². The van der Waals surface area contributed by atoms with Gasteiger partial charge in [-0.25, -0.2) is 4.79 Å². The number of benzene rings is 1. The van der Waals surface area contributed by atoms with Crippen LogP contribution in [0.15, 0.2) is 18.2 Å². The van der Waals surface area contributed by atoms with E-state index in [1.807, 2.05) is 0 Å². The van der Waals surface area contributed by atoms with Crippen LogP contribution in [0, 0.1) is 0 Å². The summed E-state index contributed by atoms with van der Waals surface area (Å²) >= 11 is 0. The Hall–Kier alpha value is -1.71. The van der Waals surface area contributed by atoms with Crippen LogP contribution in [0.2, 0.25) is 0 Å². The van der Waals surface area contributed by atoms with E-state index >= 15 is 0 Å². The first-order chi connectivity index (χ1) is 6.29. The average molecular weight is 180 g/mol. The van der Waals surface area contributed by atoms with Gasteiger partial charge in [-0.15, -0.1) is 0 Å². The van der Waals surface area contributed by atoms with E-state index in [1.54, 1.807) is 25.3 Å². The second kappa shape index (κ2) is 2.97. The fourth-order valence-corrected chi connectivity index (χ4v) is 1.13. The largest absolute Gasteiger partial charge is 0.514 e. The van der Waals surface area contributed by atoms with Crippen molar-refractivity contribution in [3.63, 3.8) is 0 Å². The number of cyclic esters (lactones) is 1. The molecule has 0 amide bonds. The van der Waals surface area contributed by atoms with E-state index in [1.165, 1.54) is 0 Å². The van der Waals surface area contributed by atoms with Gasteiger partial charge in [-0.1, -0.05) is 0 Å². The molecule has 0 bridgehead atoms. The maximum absolute atomic E-state index is 10.7. The van der Waals surface area contributed by atoms with E-state index in [2.05, 4.69) is 4.74 Å². The fourth-order valence-electron chi connectivity index (χ4n) is 1.13. The Kier molecular flexibility index (Phi) is 1.81. The zero-order valence-corrected chi connectivity index (χ0v) is 7.07. The Labute approximate surface area is 75.0 Å². The molecule has 0 unspecified atom stereocenters. The second-order valence-electron chi connectivity index (χ2n) is 2.61. The first-order valence-electron chi connectivity index (χ1n) is 3.81. The minimum absolute atomic E-state index is 0.262. The first-order valence-corrected chi connectivity index (χ1v) is 3.81. The summed E-state index contributed by atoms with van der Waals surface area (Å²) in [7, 11) is 1.56. The maximum atomic E-state index is 10.7. The van der Waals surface area contributed by atoms with Gasteiger partial charge in [-0.05, 0) is 12.1 Å². The first kappa shape index (κ1) is 7.91. The standard InChI is InChI=1S/C9H8O4/c1-11-7-3-2-6-5-12-9(10)13-8(6)4-7/h2-4H,5H2,1H3. The molecule has 0 fully saturated rings. The molecule has 0 atom stereocenters. The molecule has 1 heterocycles. The zero-order valence-electron chi connectivity index (χ0n) is 7.07. The molecule has 1 aromatic carbocycles. The van der Waals surface area contributed by atoms with Crippen LogP contribution in [-0.4, -0.2) is 13.3 Å². The molecule has 0 N–H and O–H groups in total. The number of methoxy groups -OCH3 is 1. The summed E-state index contributed by atoms with van der Waals surface area (Å²) in [5.41, 5.74) is 0.848. The van der Waals surface area contributed by atoms with Crippen LogP contribution in [0.1, 0.15) is 5.56 Å². The molecule has 4 heteroatoms. The van der Waals surface area contributed by atoms with Gasteiger partial charge >= 0.3 is 6.16 Å². The smallest absolute Gasteiger partial charge is 0.497 e. The predicted molar refractivity (Wildman–Crippen MR) is 43.8 cm³/mol. The van der Waals surface area contributed by atoms with E-state index < -0.39 is 6.16 Å². The Morgan fingerprint density at radius 1 is 1.46 bits per heavy atom. The second-order valence-corrected chi connectivity index (χ2v) is 2.61. The molecule has 0 saturated carbocycles. The van der Waals surface area contributed by atoms with E-state index in [-0.39, 0.29) is 6.61 Å². The summed E-state index contributed by atoms with van der Waals surface area (Å²) in [5, 5.41) is 0. The number of carbonyl (C=O) groups is 1. The predicted octanol–water partition coefficient (Wildman–Crippen LogP) is 1.72. The van der Waals surface area contributed by atoms with Crippen molar-refractivity contribution >= 4 is 6.16 Å². The van der Waals surface area contributed by atoms with Gasteiger partial charge in [0.25, 0.3) is 0 Å². The van der Waals surface area contributed by atoms with Crippen molar-refractivity contribution < 1.29 is 19.0 Å². The Morgan fingerprint density at radius 3 is 3.08 bits per heavy atom. The minimum atomic E-state index is -0.666. The minimum Gasteiger partial charge on any atom is -0.497 e. The van der Waals surface area contributed by atoms with Crippen LogP contribution in [-0.2, 0) is 11.3 Å². The summed E-state index contributed by atoms with van der Waals surface area (Å²) in [4.78, 5) is 10.7. The van der Waals surface area contributed by atoms with Crippen LogP contribution in [0.25, 0.3) is 0 Å². The van der Waals surface area contributed by atoms with Crippen LogP contribution in [0.4, 0.5) is 4.79 Å². The van der Waals surface area contributed by atoms with Crippen LogP contribution in [0.5, 0.6) is 11.5 Å².